The van der Waals surface area contributed by atoms with Gasteiger partial charge in [-0.1, -0.05) is 39.2 Å². The SMILES string of the molecule is CCC(C)c1ccc2c(c1)cc(/C=C/C(N)=C1CCC1)n2CC1CCCCC1. The van der Waals surface area contributed by atoms with E-state index in [1.54, 1.807) is 0 Å². The van der Waals surface area contributed by atoms with Crippen molar-refractivity contribution < 1.29 is 0 Å². The van der Waals surface area contributed by atoms with Gasteiger partial charge in [0.2, 0.25) is 0 Å². The highest BCUT2D eigenvalue weighted by atomic mass is 15.0. The summed E-state index contributed by atoms with van der Waals surface area (Å²) in [6, 6.07) is 9.47. The van der Waals surface area contributed by atoms with Gasteiger partial charge >= 0.3 is 0 Å². The Hall–Kier alpha value is -1.96. The van der Waals surface area contributed by atoms with E-state index in [0.29, 0.717) is 5.92 Å². The maximum absolute atomic E-state index is 6.32. The summed E-state index contributed by atoms with van der Waals surface area (Å²) in [7, 11) is 0. The number of rotatable bonds is 6. The third-order valence-corrected chi connectivity index (χ3v) is 7.10. The molecule has 0 radical (unpaired) electrons. The Morgan fingerprint density at radius 3 is 2.61 bits per heavy atom. The Labute approximate surface area is 170 Å². The first kappa shape index (κ1) is 19.4. The minimum Gasteiger partial charge on any atom is -0.399 e. The summed E-state index contributed by atoms with van der Waals surface area (Å²) in [5.41, 5.74) is 12.9. The van der Waals surface area contributed by atoms with E-state index in [1.165, 1.54) is 85.5 Å². The van der Waals surface area contributed by atoms with E-state index in [-0.39, 0.29) is 0 Å². The zero-order valence-corrected chi connectivity index (χ0v) is 17.7. The van der Waals surface area contributed by atoms with Crippen LogP contribution in [0.5, 0.6) is 0 Å². The van der Waals surface area contributed by atoms with Crippen LogP contribution < -0.4 is 5.73 Å². The van der Waals surface area contributed by atoms with Crippen molar-refractivity contribution in [3.63, 3.8) is 0 Å². The highest BCUT2D eigenvalue weighted by Gasteiger charge is 2.17. The number of nitrogens with two attached hydrogens (primary N) is 1. The molecule has 2 aliphatic carbocycles. The fourth-order valence-corrected chi connectivity index (χ4v) is 4.76. The molecule has 1 atom stereocenters. The predicted molar refractivity (Wildman–Crippen MR) is 121 cm³/mol. The second-order valence-electron chi connectivity index (χ2n) is 9.06. The fourth-order valence-electron chi connectivity index (χ4n) is 4.76. The number of nitrogens with zero attached hydrogens (tertiary/aromatic N) is 1. The topological polar surface area (TPSA) is 30.9 Å². The first-order valence-corrected chi connectivity index (χ1v) is 11.4. The molecule has 1 heterocycles. The zero-order chi connectivity index (χ0) is 19.5. The van der Waals surface area contributed by atoms with Crippen molar-refractivity contribution in [3.8, 4) is 0 Å². The van der Waals surface area contributed by atoms with Gasteiger partial charge in [-0.15, -0.1) is 0 Å². The fraction of sp³-hybridized carbons (Fsp3) is 0.538. The van der Waals surface area contributed by atoms with Gasteiger partial charge in [-0.2, -0.15) is 0 Å². The number of hydrogen-bond acceptors (Lipinski definition) is 1. The molecule has 2 aliphatic rings. The van der Waals surface area contributed by atoms with Gasteiger partial charge in [-0.05, 0) is 91.8 Å². The van der Waals surface area contributed by atoms with Crippen LogP contribution in [0.15, 0.2) is 41.6 Å². The van der Waals surface area contributed by atoms with Gasteiger partial charge in [0, 0.05) is 28.8 Å². The van der Waals surface area contributed by atoms with Crippen LogP contribution in [0.1, 0.15) is 88.8 Å². The molecule has 1 aromatic heterocycles. The van der Waals surface area contributed by atoms with Gasteiger partial charge in [0.05, 0.1) is 0 Å². The van der Waals surface area contributed by atoms with Crippen molar-refractivity contribution in [2.45, 2.75) is 84.1 Å². The molecular weight excluding hydrogens is 340 g/mol. The van der Waals surface area contributed by atoms with Crippen LogP contribution in [-0.4, -0.2) is 4.57 Å². The molecule has 0 saturated heterocycles. The molecule has 2 heteroatoms. The Bertz CT molecular complexity index is 871. The van der Waals surface area contributed by atoms with Gasteiger partial charge in [-0.3, -0.25) is 0 Å². The Morgan fingerprint density at radius 2 is 1.93 bits per heavy atom. The maximum Gasteiger partial charge on any atom is 0.0485 e. The molecule has 2 saturated carbocycles. The molecule has 1 unspecified atom stereocenters. The third kappa shape index (κ3) is 4.06. The quantitative estimate of drug-likeness (QED) is 0.570. The van der Waals surface area contributed by atoms with Crippen molar-refractivity contribution in [1.82, 2.24) is 4.57 Å². The van der Waals surface area contributed by atoms with E-state index in [1.807, 2.05) is 0 Å². The third-order valence-electron chi connectivity index (χ3n) is 7.10. The first-order chi connectivity index (χ1) is 13.7. The summed E-state index contributed by atoms with van der Waals surface area (Å²) in [5.74, 6) is 1.43. The summed E-state index contributed by atoms with van der Waals surface area (Å²) < 4.78 is 2.56. The van der Waals surface area contributed by atoms with Crippen LogP contribution >= 0.6 is 0 Å². The molecule has 0 bridgehead atoms. The second-order valence-corrected chi connectivity index (χ2v) is 9.06. The average Bonchev–Trinajstić information content (AvgIpc) is 3.02. The van der Waals surface area contributed by atoms with Crippen LogP contribution in [0.2, 0.25) is 0 Å². The van der Waals surface area contributed by atoms with Crippen LogP contribution in [0.25, 0.3) is 17.0 Å². The van der Waals surface area contributed by atoms with Crippen molar-refractivity contribution in [3.05, 3.63) is 52.9 Å². The first-order valence-electron chi connectivity index (χ1n) is 11.4. The van der Waals surface area contributed by atoms with Crippen molar-refractivity contribution in [1.29, 1.82) is 0 Å². The number of fused-ring (bicyclic) bond motifs is 1. The van der Waals surface area contributed by atoms with Crippen molar-refractivity contribution in [2.24, 2.45) is 11.7 Å². The summed E-state index contributed by atoms with van der Waals surface area (Å²) in [6.07, 6.45) is 16.2. The average molecular weight is 377 g/mol. The zero-order valence-electron chi connectivity index (χ0n) is 17.7. The molecule has 4 rings (SSSR count). The van der Waals surface area contributed by atoms with Crippen molar-refractivity contribution >= 4 is 17.0 Å². The van der Waals surface area contributed by atoms with Crippen LogP contribution in [0, 0.1) is 5.92 Å². The van der Waals surface area contributed by atoms with E-state index in [2.05, 4.69) is 54.8 Å². The number of allylic oxidation sites excluding steroid dienone is 2. The second kappa shape index (κ2) is 8.59. The van der Waals surface area contributed by atoms with Crippen LogP contribution in [-0.2, 0) is 6.54 Å². The summed E-state index contributed by atoms with van der Waals surface area (Å²) in [5, 5.41) is 1.38. The maximum atomic E-state index is 6.32. The number of hydrogen-bond donors (Lipinski definition) is 1. The molecule has 0 spiro atoms. The smallest absolute Gasteiger partial charge is 0.0485 e. The lowest BCUT2D eigenvalue weighted by Gasteiger charge is -2.23. The van der Waals surface area contributed by atoms with Gasteiger partial charge in [-0.25, -0.2) is 0 Å². The molecule has 2 aromatic rings. The Balaban J connectivity index is 1.69. The standard InChI is InChI=1S/C26H36N2/c1-3-19(2)22-12-15-26-23(16-22)17-24(13-14-25(27)21-10-7-11-21)28(26)18-20-8-5-4-6-9-20/h12-17,19-20H,3-11,18,27H2,1-2H3/b14-13+. The molecule has 0 aliphatic heterocycles. The minimum absolute atomic E-state index is 0.615. The highest BCUT2D eigenvalue weighted by molar-refractivity contribution is 5.84. The van der Waals surface area contributed by atoms with E-state index in [0.717, 1.165) is 18.2 Å². The minimum atomic E-state index is 0.615. The molecule has 28 heavy (non-hydrogen) atoms. The summed E-state index contributed by atoms with van der Waals surface area (Å²) >= 11 is 0. The monoisotopic (exact) mass is 376 g/mol. The highest BCUT2D eigenvalue weighted by Crippen LogP contribution is 2.32. The Kier molecular flexibility index (Phi) is 5.94. The molecule has 150 valence electrons. The molecule has 2 N–H and O–H groups in total. The lowest BCUT2D eigenvalue weighted by atomic mass is 9.89. The van der Waals surface area contributed by atoms with E-state index in [4.69, 9.17) is 5.73 Å². The number of aromatic nitrogens is 1. The van der Waals surface area contributed by atoms with E-state index in [9.17, 15) is 0 Å². The lowest BCUT2D eigenvalue weighted by molar-refractivity contribution is 0.322. The molecule has 1 aromatic carbocycles. The van der Waals surface area contributed by atoms with E-state index < -0.39 is 0 Å². The van der Waals surface area contributed by atoms with Gasteiger partial charge in [0.15, 0.2) is 0 Å². The van der Waals surface area contributed by atoms with Crippen LogP contribution in [0.3, 0.4) is 0 Å². The van der Waals surface area contributed by atoms with Gasteiger partial charge in [0.25, 0.3) is 0 Å². The Morgan fingerprint density at radius 1 is 1.14 bits per heavy atom. The molecule has 0 amide bonds. The number of benzene rings is 1. The normalized spacial score (nSPS) is 19.3. The lowest BCUT2D eigenvalue weighted by Crippen LogP contribution is -2.15. The predicted octanol–water partition coefficient (Wildman–Crippen LogP) is 7.15. The molecular formula is C26H36N2. The van der Waals surface area contributed by atoms with Gasteiger partial charge < -0.3 is 10.3 Å². The molecule has 2 nitrogen and oxygen atoms in total. The summed E-state index contributed by atoms with van der Waals surface area (Å²) in [6.45, 7) is 5.74. The summed E-state index contributed by atoms with van der Waals surface area (Å²) in [4.78, 5) is 0. The van der Waals surface area contributed by atoms with Crippen LogP contribution in [0.4, 0.5) is 0 Å². The van der Waals surface area contributed by atoms with Gasteiger partial charge in [0.1, 0.15) is 0 Å². The van der Waals surface area contributed by atoms with E-state index >= 15 is 0 Å². The van der Waals surface area contributed by atoms with Crippen molar-refractivity contribution in [2.75, 3.05) is 0 Å². The largest absolute Gasteiger partial charge is 0.399 e. The molecule has 2 fully saturated rings.